The Morgan fingerprint density at radius 1 is 0.966 bits per heavy atom. The Kier molecular flexibility index (Phi) is 4.62. The average Bonchev–Trinajstić information content (AvgIpc) is 3.11. The minimum Gasteiger partial charge on any atom is -0.480 e. The van der Waals surface area contributed by atoms with Crippen LogP contribution < -0.4 is 5.32 Å². The van der Waals surface area contributed by atoms with E-state index in [1.165, 1.54) is 0 Å². The number of carboxylic acids is 1. The fourth-order valence-electron chi connectivity index (χ4n) is 3.61. The van der Waals surface area contributed by atoms with E-state index < -0.39 is 24.5 Å². The van der Waals surface area contributed by atoms with Crippen LogP contribution in [0, 0.1) is 0 Å². The van der Waals surface area contributed by atoms with Crippen LogP contribution in [-0.4, -0.2) is 29.8 Å². The highest BCUT2D eigenvalue weighted by Gasteiger charge is 2.29. The number of fused-ring (bicyclic) bond motifs is 3. The molecule has 4 rings (SSSR count). The highest BCUT2D eigenvalue weighted by molar-refractivity contribution is 5.81. The lowest BCUT2D eigenvalue weighted by atomic mass is 9.98. The zero-order valence-electron chi connectivity index (χ0n) is 17.5. The number of carboxylic acid groups (broad SMARTS) is 1. The first-order chi connectivity index (χ1) is 14.9. The SMILES string of the molecule is [3H]C(c1ccccc1)C([3H])(NC(=O)OCC1c2ccccc2-c2ccccc21)C(=O)O. The first-order valence-corrected chi connectivity index (χ1v) is 9.25. The number of carbonyl (C=O) groups is 2. The van der Waals surface area contributed by atoms with Gasteiger partial charge in [0.15, 0.2) is 0 Å². The Morgan fingerprint density at radius 3 is 2.10 bits per heavy atom. The monoisotopic (exact) mass is 391 g/mol. The molecule has 1 aliphatic carbocycles. The molecule has 2 N–H and O–H groups in total. The van der Waals surface area contributed by atoms with E-state index in [0.29, 0.717) is 5.56 Å². The van der Waals surface area contributed by atoms with Crippen molar-refractivity contribution in [3.63, 3.8) is 0 Å². The molecule has 5 heteroatoms. The second-order valence-electron chi connectivity index (χ2n) is 6.72. The fourth-order valence-corrected chi connectivity index (χ4v) is 3.61. The predicted octanol–water partition coefficient (Wildman–Crippen LogP) is 4.22. The van der Waals surface area contributed by atoms with Crippen LogP contribution in [-0.2, 0) is 15.9 Å². The first kappa shape index (κ1) is 16.4. The van der Waals surface area contributed by atoms with E-state index in [0.717, 1.165) is 22.3 Å². The van der Waals surface area contributed by atoms with Gasteiger partial charge in [-0.1, -0.05) is 78.9 Å². The Morgan fingerprint density at radius 2 is 1.52 bits per heavy atom. The van der Waals surface area contributed by atoms with Gasteiger partial charge in [0.2, 0.25) is 0 Å². The van der Waals surface area contributed by atoms with Crippen LogP contribution in [0.15, 0.2) is 78.9 Å². The van der Waals surface area contributed by atoms with Crippen LogP contribution >= 0.6 is 0 Å². The molecule has 0 saturated carbocycles. The summed E-state index contributed by atoms with van der Waals surface area (Å²) in [4.78, 5) is 24.3. The molecule has 1 aliphatic rings. The van der Waals surface area contributed by atoms with E-state index in [2.05, 4.69) is 5.32 Å². The topological polar surface area (TPSA) is 75.6 Å². The maximum absolute atomic E-state index is 12.5. The van der Waals surface area contributed by atoms with Crippen LogP contribution in [0.4, 0.5) is 4.79 Å². The molecule has 0 bridgehead atoms. The number of nitrogens with one attached hydrogen (secondary N) is 1. The van der Waals surface area contributed by atoms with Gasteiger partial charge in [-0.3, -0.25) is 0 Å². The van der Waals surface area contributed by atoms with E-state index in [1.54, 1.807) is 30.3 Å². The van der Waals surface area contributed by atoms with Crippen molar-refractivity contribution < 1.29 is 22.2 Å². The summed E-state index contributed by atoms with van der Waals surface area (Å²) in [6, 6.07) is 21.2. The number of benzene rings is 3. The van der Waals surface area contributed by atoms with Crippen molar-refractivity contribution in [2.24, 2.45) is 0 Å². The second-order valence-corrected chi connectivity index (χ2v) is 6.72. The minimum absolute atomic E-state index is 0.0104. The molecule has 3 aromatic rings. The first-order valence-electron chi connectivity index (χ1n) is 10.3. The van der Waals surface area contributed by atoms with E-state index in [9.17, 15) is 14.7 Å². The fraction of sp³-hybridized carbons (Fsp3) is 0.167. The number of rotatable bonds is 6. The van der Waals surface area contributed by atoms with Gasteiger partial charge in [-0.2, -0.15) is 0 Å². The molecule has 0 aliphatic heterocycles. The van der Waals surface area contributed by atoms with E-state index in [1.807, 2.05) is 48.5 Å². The molecular formula is C24H21NO4. The number of carbonyl (C=O) groups excluding carboxylic acids is 1. The Labute approximate surface area is 171 Å². The number of alkyl carbamates (subject to hydrolysis) is 1. The Bertz CT molecular complexity index is 1080. The van der Waals surface area contributed by atoms with Gasteiger partial charge in [-0.25, -0.2) is 9.59 Å². The maximum atomic E-state index is 12.5. The zero-order chi connectivity index (χ0) is 22.0. The van der Waals surface area contributed by atoms with Crippen LogP contribution in [0.5, 0.6) is 0 Å². The summed E-state index contributed by atoms with van der Waals surface area (Å²) in [5.41, 5.74) is 4.49. The molecule has 146 valence electrons. The maximum Gasteiger partial charge on any atom is 0.407 e. The number of amides is 1. The highest BCUT2D eigenvalue weighted by Crippen LogP contribution is 2.44. The van der Waals surface area contributed by atoms with Crippen molar-refractivity contribution in [2.75, 3.05) is 6.61 Å². The summed E-state index contributed by atoms with van der Waals surface area (Å²) in [5, 5.41) is 11.7. The van der Waals surface area contributed by atoms with Gasteiger partial charge in [0.25, 0.3) is 0 Å². The summed E-state index contributed by atoms with van der Waals surface area (Å²) in [6.07, 6.45) is -2.58. The molecule has 5 nitrogen and oxygen atoms in total. The lowest BCUT2D eigenvalue weighted by Crippen LogP contribution is -2.42. The zero-order valence-corrected chi connectivity index (χ0v) is 15.5. The highest BCUT2D eigenvalue weighted by atomic mass is 16.5. The van der Waals surface area contributed by atoms with E-state index in [-0.39, 0.29) is 12.5 Å². The predicted molar refractivity (Wildman–Crippen MR) is 110 cm³/mol. The number of hydrogen-bond acceptors (Lipinski definition) is 3. The summed E-state index contributed by atoms with van der Waals surface area (Å²) < 4.78 is 21.9. The normalized spacial score (nSPS) is 16.4. The van der Waals surface area contributed by atoms with Gasteiger partial charge in [-0.15, -0.1) is 0 Å². The van der Waals surface area contributed by atoms with Crippen LogP contribution in [0.2, 0.25) is 0 Å². The molecule has 0 aromatic heterocycles. The van der Waals surface area contributed by atoms with Crippen LogP contribution in [0.3, 0.4) is 0 Å². The molecule has 3 aromatic carbocycles. The lowest BCUT2D eigenvalue weighted by molar-refractivity contribution is -0.139. The van der Waals surface area contributed by atoms with Crippen molar-refractivity contribution >= 4 is 12.1 Å². The molecule has 1 amide bonds. The van der Waals surface area contributed by atoms with Gasteiger partial charge in [-0.05, 0) is 27.8 Å². The van der Waals surface area contributed by atoms with Gasteiger partial charge >= 0.3 is 12.1 Å². The minimum atomic E-state index is -2.59. The molecule has 0 heterocycles. The molecule has 0 fully saturated rings. The third kappa shape index (κ3) is 3.99. The van der Waals surface area contributed by atoms with Gasteiger partial charge in [0.05, 0.1) is 1.37 Å². The molecule has 29 heavy (non-hydrogen) atoms. The van der Waals surface area contributed by atoms with Crippen LogP contribution in [0.1, 0.15) is 25.3 Å². The quantitative estimate of drug-likeness (QED) is 0.660. The van der Waals surface area contributed by atoms with Crippen molar-refractivity contribution in [3.05, 3.63) is 95.6 Å². The summed E-state index contributed by atoms with van der Waals surface area (Å²) in [5.74, 6) is -1.83. The van der Waals surface area contributed by atoms with Gasteiger partial charge < -0.3 is 15.2 Å². The largest absolute Gasteiger partial charge is 0.480 e. The van der Waals surface area contributed by atoms with Crippen LogP contribution in [0.25, 0.3) is 11.1 Å². The lowest BCUT2D eigenvalue weighted by Gasteiger charge is -2.17. The summed E-state index contributed by atoms with van der Waals surface area (Å²) in [6.45, 7) is -0.0104. The molecule has 0 radical (unpaired) electrons. The second kappa shape index (κ2) is 8.19. The van der Waals surface area contributed by atoms with E-state index >= 15 is 0 Å². The Hall–Kier alpha value is -3.60. The molecular weight excluding hydrogens is 366 g/mol. The smallest absolute Gasteiger partial charge is 0.407 e. The summed E-state index contributed by atoms with van der Waals surface area (Å²) in [7, 11) is 0. The van der Waals surface area contributed by atoms with E-state index in [4.69, 9.17) is 7.48 Å². The van der Waals surface area contributed by atoms with Crippen molar-refractivity contribution in [2.45, 2.75) is 18.3 Å². The number of hydrogen-bond donors (Lipinski definition) is 2. The van der Waals surface area contributed by atoms with Crippen molar-refractivity contribution in [3.8, 4) is 11.1 Å². The molecule has 0 spiro atoms. The van der Waals surface area contributed by atoms with Crippen molar-refractivity contribution in [1.29, 1.82) is 0 Å². The van der Waals surface area contributed by atoms with Crippen molar-refractivity contribution in [1.82, 2.24) is 5.32 Å². The van der Waals surface area contributed by atoms with Gasteiger partial charge in [0, 0.05) is 13.7 Å². The standard InChI is InChI=1S/C24H21NO4/c26-23(27)22(14-16-8-2-1-3-9-16)25-24(28)29-15-21-19-12-6-4-10-17(19)18-11-5-7-13-20(18)21/h1-13,21-22H,14-15H2,(H,25,28)(H,26,27)/i14T,22T. The third-order valence-corrected chi connectivity index (χ3v) is 4.92. The molecule has 2 atom stereocenters. The Balaban J connectivity index is 1.50. The third-order valence-electron chi connectivity index (χ3n) is 4.92. The van der Waals surface area contributed by atoms with Gasteiger partial charge in [0.1, 0.15) is 12.6 Å². The molecule has 0 saturated heterocycles. The summed E-state index contributed by atoms with van der Waals surface area (Å²) >= 11 is 0. The molecule has 2 unspecified atom stereocenters. The average molecular weight is 391 g/mol. The number of aliphatic carboxylic acids is 1. The number of ether oxygens (including phenoxy) is 1.